The average Bonchev–Trinajstić information content (AvgIpc) is 2.70. The molecule has 2 amide bonds. The van der Waals surface area contributed by atoms with Crippen LogP contribution in [0.25, 0.3) is 0 Å². The number of anilines is 1. The van der Waals surface area contributed by atoms with Crippen LogP contribution in [0, 0.1) is 5.92 Å². The van der Waals surface area contributed by atoms with Crippen LogP contribution in [0.3, 0.4) is 0 Å². The second-order valence-corrected chi connectivity index (χ2v) is 9.01. The minimum Gasteiger partial charge on any atom is -0.492 e. The van der Waals surface area contributed by atoms with E-state index >= 15 is 0 Å². The molecule has 0 aliphatic carbocycles. The Morgan fingerprint density at radius 2 is 1.90 bits per heavy atom. The Morgan fingerprint density at radius 1 is 1.16 bits per heavy atom. The number of rotatable bonds is 8. The van der Waals surface area contributed by atoms with Crippen molar-refractivity contribution in [2.45, 2.75) is 26.7 Å². The summed E-state index contributed by atoms with van der Waals surface area (Å²) >= 11 is 8.73. The van der Waals surface area contributed by atoms with Crippen molar-refractivity contribution in [3.63, 3.8) is 0 Å². The maximum atomic E-state index is 12.5. The molecule has 0 bridgehead atoms. The van der Waals surface area contributed by atoms with Crippen LogP contribution in [0.4, 0.5) is 5.69 Å². The van der Waals surface area contributed by atoms with E-state index in [-0.39, 0.29) is 16.9 Å². The van der Waals surface area contributed by atoms with Crippen LogP contribution in [0.1, 0.15) is 36.2 Å². The predicted octanol–water partition coefficient (Wildman–Crippen LogP) is 4.63. The molecular formula is C23H28BrN3O3S. The first-order chi connectivity index (χ1) is 14.7. The zero-order valence-corrected chi connectivity index (χ0v) is 20.6. The van der Waals surface area contributed by atoms with Gasteiger partial charge in [-0.25, -0.2) is 0 Å². The van der Waals surface area contributed by atoms with Crippen molar-refractivity contribution in [2.24, 2.45) is 5.92 Å². The molecule has 166 valence electrons. The summed E-state index contributed by atoms with van der Waals surface area (Å²) in [4.78, 5) is 25.9. The lowest BCUT2D eigenvalue weighted by Gasteiger charge is -2.13. The molecule has 0 spiro atoms. The number of nitrogens with one attached hydrogen (secondary N) is 2. The first-order valence-corrected chi connectivity index (χ1v) is 11.2. The lowest BCUT2D eigenvalue weighted by Crippen LogP contribution is -2.34. The number of halogens is 1. The van der Waals surface area contributed by atoms with Crippen LogP contribution < -0.4 is 15.4 Å². The molecule has 8 heteroatoms. The van der Waals surface area contributed by atoms with Gasteiger partial charge in [-0.05, 0) is 76.4 Å². The predicted molar refractivity (Wildman–Crippen MR) is 132 cm³/mol. The number of benzene rings is 2. The Labute approximate surface area is 197 Å². The second kappa shape index (κ2) is 11.8. The lowest BCUT2D eigenvalue weighted by atomic mass is 10.1. The fraction of sp³-hybridized carbons (Fsp3) is 0.348. The van der Waals surface area contributed by atoms with Crippen LogP contribution in [-0.2, 0) is 11.2 Å². The van der Waals surface area contributed by atoms with Gasteiger partial charge >= 0.3 is 0 Å². The molecular weight excluding hydrogens is 478 g/mol. The average molecular weight is 506 g/mol. The van der Waals surface area contributed by atoms with E-state index < -0.39 is 0 Å². The summed E-state index contributed by atoms with van der Waals surface area (Å²) in [5.74, 6) is 0.857. The number of nitrogens with zero attached hydrogens (tertiary/aromatic N) is 1. The van der Waals surface area contributed by atoms with Gasteiger partial charge in [-0.3, -0.25) is 14.9 Å². The van der Waals surface area contributed by atoms with Gasteiger partial charge in [-0.1, -0.05) is 26.0 Å². The number of amides is 2. The van der Waals surface area contributed by atoms with Gasteiger partial charge in [0, 0.05) is 31.8 Å². The van der Waals surface area contributed by atoms with E-state index in [0.29, 0.717) is 41.2 Å². The monoisotopic (exact) mass is 505 g/mol. The third-order valence-electron chi connectivity index (χ3n) is 4.30. The summed E-state index contributed by atoms with van der Waals surface area (Å²) in [6.45, 7) is 4.74. The van der Waals surface area contributed by atoms with Crippen molar-refractivity contribution < 1.29 is 14.3 Å². The number of aryl methyl sites for hydroxylation is 1. The highest BCUT2D eigenvalue weighted by molar-refractivity contribution is 9.10. The molecule has 0 heterocycles. The van der Waals surface area contributed by atoms with E-state index in [1.165, 1.54) is 0 Å². The Hall–Kier alpha value is -2.45. The molecule has 2 aromatic rings. The molecule has 0 aliphatic rings. The minimum absolute atomic E-state index is 0.0768. The van der Waals surface area contributed by atoms with Gasteiger partial charge in [0.05, 0.1) is 11.1 Å². The molecule has 0 fully saturated rings. The number of carbonyl (C=O) groups excluding carboxylic acids is 2. The number of ether oxygens (including phenoxy) is 1. The van der Waals surface area contributed by atoms with E-state index in [1.54, 1.807) is 37.2 Å². The molecule has 0 radical (unpaired) electrons. The Kier molecular flexibility index (Phi) is 9.45. The zero-order chi connectivity index (χ0) is 23.0. The van der Waals surface area contributed by atoms with Crippen LogP contribution in [0.5, 0.6) is 5.75 Å². The Bertz CT molecular complexity index is 947. The van der Waals surface area contributed by atoms with Crippen molar-refractivity contribution in [1.82, 2.24) is 10.2 Å². The smallest absolute Gasteiger partial charge is 0.257 e. The van der Waals surface area contributed by atoms with Crippen LogP contribution >= 0.6 is 28.1 Å². The summed E-state index contributed by atoms with van der Waals surface area (Å²) in [5.41, 5.74) is 2.22. The molecule has 2 rings (SSSR count). The van der Waals surface area contributed by atoms with Gasteiger partial charge in [-0.2, -0.15) is 0 Å². The molecule has 6 nitrogen and oxygen atoms in total. The summed E-state index contributed by atoms with van der Waals surface area (Å²) < 4.78 is 6.42. The number of hydrogen-bond acceptors (Lipinski definition) is 4. The van der Waals surface area contributed by atoms with Gasteiger partial charge in [0.15, 0.2) is 5.11 Å². The molecule has 0 saturated carbocycles. The highest BCUT2D eigenvalue weighted by atomic mass is 79.9. The van der Waals surface area contributed by atoms with Gasteiger partial charge in [0.2, 0.25) is 5.91 Å². The standard InChI is InChI=1S/C23H28BrN3O3S/c1-15(2)14-30-20-10-9-17(13-19(20)24)22(29)26-23(31)25-18-7-5-6-16(12-18)8-11-21(28)27(3)4/h5-7,9-10,12-13,15H,8,11,14H2,1-4H3,(H2,25,26,29,31). The molecule has 2 N–H and O–H groups in total. The van der Waals surface area contributed by atoms with Crippen molar-refractivity contribution in [1.29, 1.82) is 0 Å². The van der Waals surface area contributed by atoms with E-state index in [4.69, 9.17) is 17.0 Å². The fourth-order valence-corrected chi connectivity index (χ4v) is 3.34. The quantitative estimate of drug-likeness (QED) is 0.511. The maximum Gasteiger partial charge on any atom is 0.257 e. The van der Waals surface area contributed by atoms with Crippen molar-refractivity contribution in [3.05, 3.63) is 58.1 Å². The first kappa shape index (κ1) is 24.8. The molecule has 0 aliphatic heterocycles. The van der Waals surface area contributed by atoms with Gasteiger partial charge < -0.3 is 15.0 Å². The minimum atomic E-state index is -0.318. The van der Waals surface area contributed by atoms with Crippen LogP contribution in [0.15, 0.2) is 46.9 Å². The summed E-state index contributed by atoms with van der Waals surface area (Å²) in [6.07, 6.45) is 1.06. The fourth-order valence-electron chi connectivity index (χ4n) is 2.63. The molecule has 2 aromatic carbocycles. The number of thiocarbonyl (C=S) groups is 1. The van der Waals surface area contributed by atoms with E-state index in [2.05, 4.69) is 40.4 Å². The Morgan fingerprint density at radius 3 is 2.55 bits per heavy atom. The van der Waals surface area contributed by atoms with E-state index in [1.807, 2.05) is 24.3 Å². The molecule has 0 aromatic heterocycles. The number of hydrogen-bond donors (Lipinski definition) is 2. The second-order valence-electron chi connectivity index (χ2n) is 7.75. The number of carbonyl (C=O) groups is 2. The summed E-state index contributed by atoms with van der Waals surface area (Å²) in [7, 11) is 3.48. The largest absolute Gasteiger partial charge is 0.492 e. The highest BCUT2D eigenvalue weighted by Gasteiger charge is 2.12. The normalized spacial score (nSPS) is 10.5. The Balaban J connectivity index is 1.93. The molecule has 0 saturated heterocycles. The van der Waals surface area contributed by atoms with Gasteiger partial charge in [0.25, 0.3) is 5.91 Å². The molecule has 0 unspecified atom stereocenters. The molecule has 0 atom stereocenters. The zero-order valence-electron chi connectivity index (χ0n) is 18.2. The van der Waals surface area contributed by atoms with Crippen molar-refractivity contribution in [2.75, 3.05) is 26.0 Å². The maximum absolute atomic E-state index is 12.5. The van der Waals surface area contributed by atoms with Gasteiger partial charge in [-0.15, -0.1) is 0 Å². The van der Waals surface area contributed by atoms with Crippen LogP contribution in [0.2, 0.25) is 0 Å². The topological polar surface area (TPSA) is 70.7 Å². The first-order valence-electron chi connectivity index (χ1n) is 9.99. The highest BCUT2D eigenvalue weighted by Crippen LogP contribution is 2.26. The van der Waals surface area contributed by atoms with Crippen molar-refractivity contribution in [3.8, 4) is 5.75 Å². The van der Waals surface area contributed by atoms with Crippen molar-refractivity contribution >= 4 is 50.8 Å². The van der Waals surface area contributed by atoms with E-state index in [0.717, 1.165) is 11.3 Å². The lowest BCUT2D eigenvalue weighted by molar-refractivity contribution is -0.128. The van der Waals surface area contributed by atoms with Crippen LogP contribution in [-0.4, -0.2) is 42.5 Å². The third-order valence-corrected chi connectivity index (χ3v) is 5.13. The summed E-state index contributed by atoms with van der Waals surface area (Å²) in [6, 6.07) is 12.8. The molecule has 31 heavy (non-hydrogen) atoms. The SMILES string of the molecule is CC(C)COc1ccc(C(=O)NC(=S)Nc2cccc(CCC(=O)N(C)C)c2)cc1Br. The third kappa shape index (κ3) is 8.30. The summed E-state index contributed by atoms with van der Waals surface area (Å²) in [5, 5.41) is 5.90. The van der Waals surface area contributed by atoms with Gasteiger partial charge in [0.1, 0.15) is 5.75 Å². The van der Waals surface area contributed by atoms with E-state index in [9.17, 15) is 9.59 Å².